The predicted molar refractivity (Wildman–Crippen MR) is 130 cm³/mol. The molecule has 8 nitrogen and oxygen atoms in total. The summed E-state index contributed by atoms with van der Waals surface area (Å²) in [6.45, 7) is 4.43. The Labute approximate surface area is 191 Å². The summed E-state index contributed by atoms with van der Waals surface area (Å²) < 4.78 is 20.8. The Hall–Kier alpha value is -3.20. The zero-order chi connectivity index (χ0) is 22.2. The fourth-order valence-electron chi connectivity index (χ4n) is 3.86. The average Bonchev–Trinajstić information content (AvgIpc) is 3.46. The molecule has 9 heteroatoms. The van der Waals surface area contributed by atoms with Crippen LogP contribution in [0.15, 0.2) is 74.7 Å². The highest BCUT2D eigenvalue weighted by Crippen LogP contribution is 2.29. The van der Waals surface area contributed by atoms with Crippen LogP contribution in [0.4, 0.5) is 5.82 Å². The van der Waals surface area contributed by atoms with Crippen molar-refractivity contribution in [2.75, 3.05) is 18.0 Å². The quantitative estimate of drug-likeness (QED) is 0.601. The van der Waals surface area contributed by atoms with E-state index in [0.29, 0.717) is 18.1 Å². The van der Waals surface area contributed by atoms with E-state index < -0.39 is 16.7 Å². The minimum absolute atomic E-state index is 0.476. The molecule has 2 atom stereocenters. The molecule has 2 aliphatic heterocycles. The van der Waals surface area contributed by atoms with Gasteiger partial charge in [0, 0.05) is 31.7 Å². The van der Waals surface area contributed by atoms with E-state index in [0.717, 1.165) is 43.9 Å². The van der Waals surface area contributed by atoms with Crippen LogP contribution in [0, 0.1) is 0 Å². The van der Waals surface area contributed by atoms with E-state index in [4.69, 9.17) is 4.99 Å². The summed E-state index contributed by atoms with van der Waals surface area (Å²) in [6.07, 6.45) is 11.9. The summed E-state index contributed by atoms with van der Waals surface area (Å²) in [4.78, 5) is 15.9. The number of aromatic nitrogens is 2. The van der Waals surface area contributed by atoms with Crippen molar-refractivity contribution in [1.82, 2.24) is 15.3 Å². The largest absolute Gasteiger partial charge is 0.362 e. The van der Waals surface area contributed by atoms with Crippen molar-refractivity contribution < 1.29 is 4.21 Å². The number of nitrogens with one attached hydrogen (secondary N) is 1. The van der Waals surface area contributed by atoms with Gasteiger partial charge in [-0.3, -0.25) is 9.98 Å². The van der Waals surface area contributed by atoms with E-state index >= 15 is 0 Å². The van der Waals surface area contributed by atoms with Crippen molar-refractivity contribution in [3.8, 4) is 0 Å². The highest BCUT2D eigenvalue weighted by molar-refractivity contribution is 7.83. The molecule has 0 amide bonds. The molecule has 0 saturated carbocycles. The van der Waals surface area contributed by atoms with Crippen molar-refractivity contribution in [3.05, 3.63) is 66.6 Å². The van der Waals surface area contributed by atoms with Crippen molar-refractivity contribution in [2.24, 2.45) is 13.8 Å². The Morgan fingerprint density at radius 3 is 2.59 bits per heavy atom. The standard InChI is InChI=1S/C23H27N7OS/c1-2-16-30(20-10-4-6-14-25-20)17-8-12-23(11-7-15-27-23)21-22(29-32(31)28-21)26-18-19-9-3-5-13-24-19/h3-7,9-11,13-15H,2,8,12,16-18H2,1H3,(H,26,29). The van der Waals surface area contributed by atoms with Crippen LogP contribution >= 0.6 is 0 Å². The second-order valence-corrected chi connectivity index (χ2v) is 8.45. The summed E-state index contributed by atoms with van der Waals surface area (Å²) in [5.74, 6) is 1.50. The number of hydrogen-bond donors (Lipinski definition) is 1. The van der Waals surface area contributed by atoms with Crippen LogP contribution in [0.5, 0.6) is 0 Å². The minimum Gasteiger partial charge on any atom is -0.362 e. The first-order valence-electron chi connectivity index (χ1n) is 10.8. The molecular weight excluding hydrogens is 422 g/mol. The normalized spacial score (nSPS) is 21.5. The van der Waals surface area contributed by atoms with Gasteiger partial charge in [-0.25, -0.2) is 9.19 Å². The molecule has 4 heterocycles. The van der Waals surface area contributed by atoms with E-state index in [1.54, 1.807) is 12.4 Å². The van der Waals surface area contributed by atoms with Gasteiger partial charge in [0.05, 0.1) is 12.2 Å². The maximum atomic E-state index is 12.2. The van der Waals surface area contributed by atoms with Gasteiger partial charge in [-0.2, -0.15) is 4.40 Å². The smallest absolute Gasteiger partial charge is 0.268 e. The summed E-state index contributed by atoms with van der Waals surface area (Å²) in [6, 6.07) is 11.7. The Bertz CT molecular complexity index is 1040. The molecule has 0 aliphatic carbocycles. The average molecular weight is 450 g/mol. The van der Waals surface area contributed by atoms with Gasteiger partial charge in [-0.1, -0.05) is 19.1 Å². The highest BCUT2D eigenvalue weighted by atomic mass is 32.2. The zero-order valence-corrected chi connectivity index (χ0v) is 18.9. The minimum atomic E-state index is -1.65. The van der Waals surface area contributed by atoms with Crippen LogP contribution in [0.3, 0.4) is 0 Å². The van der Waals surface area contributed by atoms with Gasteiger partial charge >= 0.3 is 0 Å². The molecule has 4 rings (SSSR count). The van der Waals surface area contributed by atoms with Gasteiger partial charge < -0.3 is 10.2 Å². The molecule has 2 aromatic heterocycles. The van der Waals surface area contributed by atoms with Crippen LogP contribution in [-0.2, 0) is 17.7 Å². The third-order valence-electron chi connectivity index (χ3n) is 5.35. The molecule has 166 valence electrons. The van der Waals surface area contributed by atoms with Crippen molar-refractivity contribution >= 4 is 34.8 Å². The molecule has 1 N–H and O–H groups in total. The lowest BCUT2D eigenvalue weighted by Gasteiger charge is -2.28. The number of amidine groups is 1. The number of rotatable bonds is 10. The van der Waals surface area contributed by atoms with Crippen molar-refractivity contribution in [1.29, 1.82) is 0 Å². The lowest BCUT2D eigenvalue weighted by molar-refractivity contribution is 0.588. The maximum Gasteiger partial charge on any atom is 0.268 e. The molecular formula is C23H27N7OS. The summed E-state index contributed by atoms with van der Waals surface area (Å²) >= 11 is -1.65. The highest BCUT2D eigenvalue weighted by Gasteiger charge is 2.40. The second-order valence-electron chi connectivity index (χ2n) is 7.63. The summed E-state index contributed by atoms with van der Waals surface area (Å²) in [5, 5.41) is 3.26. The topological polar surface area (TPSA) is 95.2 Å². The summed E-state index contributed by atoms with van der Waals surface area (Å²) in [7, 11) is 0. The van der Waals surface area contributed by atoms with Gasteiger partial charge in [-0.05, 0) is 55.7 Å². The molecule has 32 heavy (non-hydrogen) atoms. The molecule has 2 aliphatic rings. The van der Waals surface area contributed by atoms with Gasteiger partial charge in [0.25, 0.3) is 11.2 Å². The molecule has 2 unspecified atom stereocenters. The zero-order valence-electron chi connectivity index (χ0n) is 18.1. The van der Waals surface area contributed by atoms with Crippen LogP contribution in [0.2, 0.25) is 0 Å². The Morgan fingerprint density at radius 2 is 1.91 bits per heavy atom. The number of nitrogens with zero attached hydrogens (tertiary/aromatic N) is 6. The van der Waals surface area contributed by atoms with Crippen LogP contribution in [0.25, 0.3) is 0 Å². The van der Waals surface area contributed by atoms with Gasteiger partial charge in [0.2, 0.25) is 0 Å². The molecule has 0 spiro atoms. The fraction of sp³-hybridized carbons (Fsp3) is 0.348. The number of anilines is 1. The van der Waals surface area contributed by atoms with E-state index in [1.165, 1.54) is 0 Å². The van der Waals surface area contributed by atoms with E-state index in [9.17, 15) is 4.21 Å². The maximum absolute atomic E-state index is 12.2. The molecule has 2 aromatic rings. The summed E-state index contributed by atoms with van der Waals surface area (Å²) in [5.41, 5.74) is 0.832. The number of hydrogen-bond acceptors (Lipinski definition) is 6. The van der Waals surface area contributed by atoms with Gasteiger partial charge in [0.1, 0.15) is 17.1 Å². The molecule has 0 bridgehead atoms. The first-order valence-corrected chi connectivity index (χ1v) is 11.9. The van der Waals surface area contributed by atoms with E-state index in [-0.39, 0.29) is 0 Å². The van der Waals surface area contributed by atoms with Crippen molar-refractivity contribution in [3.63, 3.8) is 0 Å². The molecule has 0 fully saturated rings. The third-order valence-corrected chi connectivity index (χ3v) is 6.03. The SMILES string of the molecule is CCCN(CCCC1(C2=NS(=O)N=C2NCc2ccccn2)C=CC=N1)c1ccccn1. The van der Waals surface area contributed by atoms with E-state index in [2.05, 4.69) is 35.9 Å². The van der Waals surface area contributed by atoms with Crippen LogP contribution < -0.4 is 10.2 Å². The lowest BCUT2D eigenvalue weighted by atomic mass is 9.88. The Morgan fingerprint density at radius 1 is 1.06 bits per heavy atom. The van der Waals surface area contributed by atoms with E-state index in [1.807, 2.05) is 54.7 Å². The van der Waals surface area contributed by atoms with Gasteiger partial charge in [0.15, 0.2) is 5.84 Å². The lowest BCUT2D eigenvalue weighted by Crippen LogP contribution is -2.44. The first-order chi connectivity index (χ1) is 15.7. The van der Waals surface area contributed by atoms with Crippen LogP contribution in [-0.4, -0.2) is 50.6 Å². The predicted octanol–water partition coefficient (Wildman–Crippen LogP) is 3.07. The molecule has 0 aromatic carbocycles. The van der Waals surface area contributed by atoms with Gasteiger partial charge in [-0.15, -0.1) is 4.40 Å². The van der Waals surface area contributed by atoms with Crippen LogP contribution in [0.1, 0.15) is 31.9 Å². The first kappa shape index (κ1) is 22.0. The molecule has 0 radical (unpaired) electrons. The fourth-order valence-corrected chi connectivity index (χ4v) is 4.61. The Balaban J connectivity index is 1.45. The third kappa shape index (κ3) is 5.16. The Kier molecular flexibility index (Phi) is 7.16. The monoisotopic (exact) mass is 449 g/mol. The second kappa shape index (κ2) is 10.4. The molecule has 0 saturated heterocycles. The number of allylic oxidation sites excluding steroid dienone is 1. The number of aliphatic imine (C=N–C) groups is 1. The van der Waals surface area contributed by atoms with Crippen molar-refractivity contribution in [2.45, 2.75) is 38.3 Å². The number of pyridine rings is 2.